The van der Waals surface area contributed by atoms with Crippen molar-refractivity contribution in [3.05, 3.63) is 59.7 Å². The molecule has 2 amide bonds. The predicted molar refractivity (Wildman–Crippen MR) is 119 cm³/mol. The molecule has 0 aliphatic carbocycles. The first-order chi connectivity index (χ1) is 14.6. The number of carbonyl (C=O) groups is 3. The van der Waals surface area contributed by atoms with Crippen LogP contribution in [0.1, 0.15) is 51.3 Å². The fourth-order valence-corrected chi connectivity index (χ4v) is 3.01. The third kappa shape index (κ3) is 7.44. The topological polar surface area (TPSA) is 93.7 Å². The second kappa shape index (κ2) is 10.6. The van der Waals surface area contributed by atoms with Crippen LogP contribution >= 0.6 is 0 Å². The van der Waals surface area contributed by atoms with Gasteiger partial charge in [-0.25, -0.2) is 0 Å². The van der Waals surface area contributed by atoms with Gasteiger partial charge in [-0.3, -0.25) is 14.4 Å². The lowest BCUT2D eigenvalue weighted by atomic mass is 9.87. The smallest absolute Gasteiger partial charge is 0.308 e. The fourth-order valence-electron chi connectivity index (χ4n) is 3.01. The Kier molecular flexibility index (Phi) is 8.19. The van der Waals surface area contributed by atoms with Gasteiger partial charge in [0.2, 0.25) is 5.91 Å². The highest BCUT2D eigenvalue weighted by Gasteiger charge is 2.20. The van der Waals surface area contributed by atoms with E-state index >= 15 is 0 Å². The lowest BCUT2D eigenvalue weighted by molar-refractivity contribution is -0.148. The number of nitrogens with one attached hydrogen (secondary N) is 2. The van der Waals surface area contributed by atoms with Crippen LogP contribution in [0.25, 0.3) is 0 Å². The van der Waals surface area contributed by atoms with E-state index < -0.39 is 24.5 Å². The van der Waals surface area contributed by atoms with Crippen LogP contribution in [0.15, 0.2) is 48.5 Å². The molecule has 0 radical (unpaired) electrons. The maximum atomic E-state index is 12.4. The van der Waals surface area contributed by atoms with Crippen LogP contribution in [0.3, 0.4) is 0 Å². The summed E-state index contributed by atoms with van der Waals surface area (Å²) in [4.78, 5) is 36.2. The molecule has 2 aromatic rings. The number of ether oxygens (including phenoxy) is 2. The van der Waals surface area contributed by atoms with E-state index in [4.69, 9.17) is 9.47 Å². The number of hydrogen-bond acceptors (Lipinski definition) is 5. The molecule has 0 heterocycles. The molecule has 0 aliphatic rings. The molecule has 2 rings (SSSR count). The van der Waals surface area contributed by atoms with E-state index in [2.05, 4.69) is 31.4 Å². The highest BCUT2D eigenvalue weighted by molar-refractivity contribution is 5.94. The molecule has 0 spiro atoms. The molecule has 7 heteroatoms. The van der Waals surface area contributed by atoms with Crippen molar-refractivity contribution in [3.63, 3.8) is 0 Å². The highest BCUT2D eigenvalue weighted by Crippen LogP contribution is 2.31. The van der Waals surface area contributed by atoms with E-state index in [0.29, 0.717) is 11.4 Å². The van der Waals surface area contributed by atoms with Crippen LogP contribution in [0.2, 0.25) is 0 Å². The summed E-state index contributed by atoms with van der Waals surface area (Å²) in [5, 5.41) is 5.47. The quantitative estimate of drug-likeness (QED) is 0.627. The van der Waals surface area contributed by atoms with Gasteiger partial charge in [0.15, 0.2) is 6.61 Å². The van der Waals surface area contributed by atoms with Crippen molar-refractivity contribution in [1.82, 2.24) is 5.32 Å². The number of rotatable bonds is 8. The molecule has 0 saturated carbocycles. The van der Waals surface area contributed by atoms with Crippen molar-refractivity contribution >= 4 is 23.5 Å². The summed E-state index contributed by atoms with van der Waals surface area (Å²) >= 11 is 0. The van der Waals surface area contributed by atoms with E-state index in [0.717, 1.165) is 11.1 Å². The molecule has 1 atom stereocenters. The average molecular weight is 427 g/mol. The molecule has 31 heavy (non-hydrogen) atoms. The zero-order valence-corrected chi connectivity index (χ0v) is 18.7. The standard InChI is InChI=1S/C24H30N2O5/c1-16(27)25-19(17-9-7-6-8-10-17)14-23(29)31-15-22(28)26-20-13-18(24(2,3)4)11-12-21(20)30-5/h6-13,19H,14-15H2,1-5H3,(H,25,27)(H,26,28)/t19-/m0/s1. The Bertz CT molecular complexity index is 919. The third-order valence-corrected chi connectivity index (χ3v) is 4.65. The fraction of sp³-hybridized carbons (Fsp3) is 0.375. The third-order valence-electron chi connectivity index (χ3n) is 4.65. The van der Waals surface area contributed by atoms with Gasteiger partial charge in [0.05, 0.1) is 25.3 Å². The number of amides is 2. The Morgan fingerprint density at radius 3 is 2.29 bits per heavy atom. The van der Waals surface area contributed by atoms with Gasteiger partial charge in [-0.05, 0) is 28.7 Å². The molecule has 0 fully saturated rings. The van der Waals surface area contributed by atoms with Crippen molar-refractivity contribution in [2.45, 2.75) is 45.6 Å². The zero-order chi connectivity index (χ0) is 23.0. The molecule has 0 saturated heterocycles. The number of esters is 1. The van der Waals surface area contributed by atoms with Crippen molar-refractivity contribution in [3.8, 4) is 5.75 Å². The van der Waals surface area contributed by atoms with Gasteiger partial charge >= 0.3 is 5.97 Å². The van der Waals surface area contributed by atoms with E-state index in [1.807, 2.05) is 42.5 Å². The minimum atomic E-state index is -0.590. The van der Waals surface area contributed by atoms with Crippen molar-refractivity contribution < 1.29 is 23.9 Å². The summed E-state index contributed by atoms with van der Waals surface area (Å²) in [6, 6.07) is 14.2. The van der Waals surface area contributed by atoms with Gasteiger partial charge in [-0.2, -0.15) is 0 Å². The van der Waals surface area contributed by atoms with Crippen LogP contribution in [0, 0.1) is 0 Å². The maximum absolute atomic E-state index is 12.4. The molecular weight excluding hydrogens is 396 g/mol. The van der Waals surface area contributed by atoms with Crippen molar-refractivity contribution in [2.24, 2.45) is 0 Å². The number of anilines is 1. The minimum Gasteiger partial charge on any atom is -0.495 e. The lowest BCUT2D eigenvalue weighted by Gasteiger charge is -2.21. The van der Waals surface area contributed by atoms with Gasteiger partial charge in [0.25, 0.3) is 5.91 Å². The van der Waals surface area contributed by atoms with E-state index in [9.17, 15) is 14.4 Å². The number of methoxy groups -OCH3 is 1. The summed E-state index contributed by atoms with van der Waals surface area (Å²) in [5.41, 5.74) is 2.22. The predicted octanol–water partition coefficient (Wildman–Crippen LogP) is 3.74. The molecule has 0 aromatic heterocycles. The second-order valence-electron chi connectivity index (χ2n) is 8.24. The van der Waals surface area contributed by atoms with E-state index in [1.54, 1.807) is 6.07 Å². The maximum Gasteiger partial charge on any atom is 0.308 e. The largest absolute Gasteiger partial charge is 0.495 e. The molecule has 0 aliphatic heterocycles. The van der Waals surface area contributed by atoms with Gasteiger partial charge < -0.3 is 20.1 Å². The first-order valence-corrected chi connectivity index (χ1v) is 10.1. The Balaban J connectivity index is 1.99. The molecule has 2 aromatic carbocycles. The zero-order valence-electron chi connectivity index (χ0n) is 18.7. The summed E-state index contributed by atoms with van der Waals surface area (Å²) in [7, 11) is 1.52. The first-order valence-electron chi connectivity index (χ1n) is 10.1. The van der Waals surface area contributed by atoms with Crippen molar-refractivity contribution in [1.29, 1.82) is 0 Å². The SMILES string of the molecule is COc1ccc(C(C)(C)C)cc1NC(=O)COC(=O)C[C@H](NC(C)=O)c1ccccc1. The second-order valence-corrected chi connectivity index (χ2v) is 8.24. The molecule has 166 valence electrons. The average Bonchev–Trinajstić information content (AvgIpc) is 2.71. The Morgan fingerprint density at radius 2 is 1.71 bits per heavy atom. The van der Waals surface area contributed by atoms with E-state index in [-0.39, 0.29) is 17.7 Å². The summed E-state index contributed by atoms with van der Waals surface area (Å²) in [6.07, 6.45) is -0.0836. The van der Waals surface area contributed by atoms with Gasteiger partial charge in [0, 0.05) is 6.92 Å². The van der Waals surface area contributed by atoms with Crippen LogP contribution in [-0.2, 0) is 24.5 Å². The number of hydrogen-bond donors (Lipinski definition) is 2. The van der Waals surface area contributed by atoms with Crippen LogP contribution in [0.4, 0.5) is 5.69 Å². The number of benzene rings is 2. The van der Waals surface area contributed by atoms with Gasteiger partial charge in [-0.15, -0.1) is 0 Å². The molecule has 0 unspecified atom stereocenters. The summed E-state index contributed by atoms with van der Waals surface area (Å²) in [6.45, 7) is 7.15. The number of carbonyl (C=O) groups excluding carboxylic acids is 3. The normalized spacial score (nSPS) is 11.9. The summed E-state index contributed by atoms with van der Waals surface area (Å²) < 4.78 is 10.5. The molecule has 2 N–H and O–H groups in total. The van der Waals surface area contributed by atoms with Gasteiger partial charge in [0.1, 0.15) is 5.75 Å². The minimum absolute atomic E-state index is 0.0836. The Morgan fingerprint density at radius 1 is 1.03 bits per heavy atom. The van der Waals surface area contributed by atoms with Crippen LogP contribution in [-0.4, -0.2) is 31.5 Å². The molecule has 7 nitrogen and oxygen atoms in total. The van der Waals surface area contributed by atoms with E-state index in [1.165, 1.54) is 14.0 Å². The molecular formula is C24H30N2O5. The molecule has 0 bridgehead atoms. The summed E-state index contributed by atoms with van der Waals surface area (Å²) in [5.74, 6) is -0.811. The van der Waals surface area contributed by atoms with Gasteiger partial charge in [-0.1, -0.05) is 57.2 Å². The van der Waals surface area contributed by atoms with Crippen LogP contribution < -0.4 is 15.4 Å². The van der Waals surface area contributed by atoms with Crippen molar-refractivity contribution in [2.75, 3.05) is 19.0 Å². The van der Waals surface area contributed by atoms with Crippen LogP contribution in [0.5, 0.6) is 5.75 Å². The highest BCUT2D eigenvalue weighted by atomic mass is 16.5. The lowest BCUT2D eigenvalue weighted by Crippen LogP contribution is -2.29. The Hall–Kier alpha value is -3.35. The first kappa shape index (κ1) is 23.9. The monoisotopic (exact) mass is 426 g/mol. The Labute approximate surface area is 183 Å².